The third-order valence-corrected chi connectivity index (χ3v) is 5.80. The number of hydrogen-bond acceptors (Lipinski definition) is 2. The molecule has 0 bridgehead atoms. The van der Waals surface area contributed by atoms with Crippen LogP contribution in [0.3, 0.4) is 0 Å². The monoisotopic (exact) mass is 283 g/mol. The number of thiophene rings is 1. The summed E-state index contributed by atoms with van der Waals surface area (Å²) in [6, 6.07) is 11.9. The molecule has 1 aromatic carbocycles. The summed E-state index contributed by atoms with van der Waals surface area (Å²) in [7, 11) is 0. The van der Waals surface area contributed by atoms with Gasteiger partial charge in [-0.25, -0.2) is 0 Å². The van der Waals surface area contributed by atoms with Crippen LogP contribution in [0.1, 0.15) is 42.0 Å². The Kier molecular flexibility index (Phi) is 3.16. The predicted octanol–water partition coefficient (Wildman–Crippen LogP) is 4.37. The number of benzene rings is 1. The van der Waals surface area contributed by atoms with Gasteiger partial charge in [0.25, 0.3) is 0 Å². The number of fused-ring (bicyclic) bond motifs is 3. The standard InChI is InChI=1S/C18H21NS/c1-2-19-18(13-9-10-20-11-13)17-15-8-7-12-5-3-4-6-14(12)16(15)17/h3-6,9-11,15-19H,2,7-8H2,1H3. The number of hydrogen-bond donors (Lipinski definition) is 1. The molecule has 1 N–H and O–H groups in total. The van der Waals surface area contributed by atoms with Crippen LogP contribution in [0.25, 0.3) is 0 Å². The fourth-order valence-corrected chi connectivity index (χ4v) is 4.92. The molecule has 1 saturated carbocycles. The van der Waals surface area contributed by atoms with Gasteiger partial charge in [0.15, 0.2) is 0 Å². The van der Waals surface area contributed by atoms with Crippen molar-refractivity contribution < 1.29 is 0 Å². The SMILES string of the molecule is CCNC(c1ccsc1)C1C2CCc3ccccc3C21. The van der Waals surface area contributed by atoms with Crippen LogP contribution in [-0.2, 0) is 6.42 Å². The van der Waals surface area contributed by atoms with Crippen molar-refractivity contribution in [3.05, 3.63) is 57.8 Å². The Balaban J connectivity index is 1.65. The van der Waals surface area contributed by atoms with Crippen molar-refractivity contribution >= 4 is 11.3 Å². The van der Waals surface area contributed by atoms with Crippen LogP contribution in [-0.4, -0.2) is 6.54 Å². The average Bonchev–Trinajstić information content (AvgIpc) is 2.96. The van der Waals surface area contributed by atoms with E-state index in [4.69, 9.17) is 0 Å². The first-order valence-electron chi connectivity index (χ1n) is 7.73. The zero-order chi connectivity index (χ0) is 13.5. The molecule has 0 saturated heterocycles. The summed E-state index contributed by atoms with van der Waals surface area (Å²) >= 11 is 1.82. The summed E-state index contributed by atoms with van der Waals surface area (Å²) in [5.74, 6) is 2.49. The van der Waals surface area contributed by atoms with Gasteiger partial charge in [-0.15, -0.1) is 0 Å². The zero-order valence-corrected chi connectivity index (χ0v) is 12.7. The molecule has 0 aliphatic heterocycles. The molecule has 4 unspecified atom stereocenters. The smallest absolute Gasteiger partial charge is 0.0365 e. The fraction of sp³-hybridized carbons (Fsp3) is 0.444. The normalized spacial score (nSPS) is 28.6. The largest absolute Gasteiger partial charge is 0.310 e. The van der Waals surface area contributed by atoms with Crippen LogP contribution in [0, 0.1) is 11.8 Å². The molecular weight excluding hydrogens is 262 g/mol. The second-order valence-electron chi connectivity index (χ2n) is 6.10. The molecule has 104 valence electrons. The van der Waals surface area contributed by atoms with Crippen LogP contribution in [0.15, 0.2) is 41.1 Å². The summed E-state index contributed by atoms with van der Waals surface area (Å²) in [4.78, 5) is 0. The fourth-order valence-electron chi connectivity index (χ4n) is 4.22. The minimum absolute atomic E-state index is 0.549. The summed E-state index contributed by atoms with van der Waals surface area (Å²) < 4.78 is 0. The average molecular weight is 283 g/mol. The highest BCUT2D eigenvalue weighted by atomic mass is 32.1. The summed E-state index contributed by atoms with van der Waals surface area (Å²) in [6.45, 7) is 3.28. The Bertz CT molecular complexity index is 589. The lowest BCUT2D eigenvalue weighted by atomic mass is 9.92. The van der Waals surface area contributed by atoms with Crippen LogP contribution < -0.4 is 5.32 Å². The molecule has 4 atom stereocenters. The Hall–Kier alpha value is -1.12. The summed E-state index contributed by atoms with van der Waals surface area (Å²) in [5.41, 5.74) is 4.72. The molecule has 0 spiro atoms. The lowest BCUT2D eigenvalue weighted by molar-refractivity contribution is 0.461. The highest BCUT2D eigenvalue weighted by Crippen LogP contribution is 2.64. The van der Waals surface area contributed by atoms with E-state index in [2.05, 4.69) is 53.3 Å². The molecule has 1 heterocycles. The minimum Gasteiger partial charge on any atom is -0.310 e. The van der Waals surface area contributed by atoms with E-state index < -0.39 is 0 Å². The first-order valence-corrected chi connectivity index (χ1v) is 8.67. The molecule has 1 fully saturated rings. The number of rotatable bonds is 4. The number of nitrogens with one attached hydrogen (secondary N) is 1. The Labute approximate surface area is 125 Å². The second-order valence-corrected chi connectivity index (χ2v) is 6.88. The zero-order valence-electron chi connectivity index (χ0n) is 11.9. The van der Waals surface area contributed by atoms with Gasteiger partial charge < -0.3 is 5.32 Å². The molecule has 0 radical (unpaired) electrons. The Morgan fingerprint density at radius 2 is 2.20 bits per heavy atom. The van der Waals surface area contributed by atoms with Gasteiger partial charge in [0.05, 0.1) is 0 Å². The lowest BCUT2D eigenvalue weighted by Gasteiger charge is -2.17. The summed E-state index contributed by atoms with van der Waals surface area (Å²) in [5, 5.41) is 8.27. The Morgan fingerprint density at radius 1 is 1.30 bits per heavy atom. The Morgan fingerprint density at radius 3 is 3.00 bits per heavy atom. The molecule has 2 aromatic rings. The van der Waals surface area contributed by atoms with E-state index in [1.807, 2.05) is 11.3 Å². The van der Waals surface area contributed by atoms with E-state index in [9.17, 15) is 0 Å². The van der Waals surface area contributed by atoms with Crippen molar-refractivity contribution in [2.45, 2.75) is 31.7 Å². The van der Waals surface area contributed by atoms with Crippen LogP contribution in [0.2, 0.25) is 0 Å². The molecule has 0 amide bonds. The van der Waals surface area contributed by atoms with Crippen molar-refractivity contribution in [3.63, 3.8) is 0 Å². The first kappa shape index (κ1) is 12.6. The van der Waals surface area contributed by atoms with E-state index in [1.165, 1.54) is 18.4 Å². The lowest BCUT2D eigenvalue weighted by Crippen LogP contribution is -2.23. The van der Waals surface area contributed by atoms with Gasteiger partial charge in [-0.05, 0) is 70.7 Å². The maximum Gasteiger partial charge on any atom is 0.0365 e. The van der Waals surface area contributed by atoms with E-state index in [0.29, 0.717) is 6.04 Å². The first-order chi connectivity index (χ1) is 9.90. The van der Waals surface area contributed by atoms with Gasteiger partial charge in [0, 0.05) is 6.04 Å². The highest BCUT2D eigenvalue weighted by molar-refractivity contribution is 7.07. The molecular formula is C18H21NS. The minimum atomic E-state index is 0.549. The van der Waals surface area contributed by atoms with Crippen LogP contribution >= 0.6 is 11.3 Å². The second kappa shape index (κ2) is 5.01. The molecule has 20 heavy (non-hydrogen) atoms. The number of aryl methyl sites for hydroxylation is 1. The van der Waals surface area contributed by atoms with Crippen LogP contribution in [0.5, 0.6) is 0 Å². The van der Waals surface area contributed by atoms with Crippen molar-refractivity contribution in [1.29, 1.82) is 0 Å². The molecule has 2 heteroatoms. The predicted molar refractivity (Wildman–Crippen MR) is 85.2 cm³/mol. The van der Waals surface area contributed by atoms with Gasteiger partial charge in [0.1, 0.15) is 0 Å². The molecule has 2 aliphatic carbocycles. The van der Waals surface area contributed by atoms with Crippen LogP contribution in [0.4, 0.5) is 0 Å². The van der Waals surface area contributed by atoms with Gasteiger partial charge in [-0.2, -0.15) is 11.3 Å². The highest BCUT2D eigenvalue weighted by Gasteiger charge is 2.56. The van der Waals surface area contributed by atoms with E-state index in [-0.39, 0.29) is 0 Å². The topological polar surface area (TPSA) is 12.0 Å². The van der Waals surface area contributed by atoms with Crippen molar-refractivity contribution in [1.82, 2.24) is 5.32 Å². The molecule has 1 aromatic heterocycles. The van der Waals surface area contributed by atoms with Crippen molar-refractivity contribution in [2.75, 3.05) is 6.54 Å². The van der Waals surface area contributed by atoms with Gasteiger partial charge in [-0.1, -0.05) is 31.2 Å². The third kappa shape index (κ3) is 1.94. The third-order valence-electron chi connectivity index (χ3n) is 5.10. The maximum atomic E-state index is 3.74. The van der Waals surface area contributed by atoms with E-state index >= 15 is 0 Å². The molecule has 2 aliphatic rings. The van der Waals surface area contributed by atoms with Gasteiger partial charge >= 0.3 is 0 Å². The molecule has 4 rings (SSSR count). The van der Waals surface area contributed by atoms with Gasteiger partial charge in [0.2, 0.25) is 0 Å². The molecule has 1 nitrogen and oxygen atoms in total. The van der Waals surface area contributed by atoms with Gasteiger partial charge in [-0.3, -0.25) is 0 Å². The quantitative estimate of drug-likeness (QED) is 0.878. The van der Waals surface area contributed by atoms with E-state index in [0.717, 1.165) is 24.3 Å². The van der Waals surface area contributed by atoms with Crippen molar-refractivity contribution in [2.24, 2.45) is 11.8 Å². The van der Waals surface area contributed by atoms with Crippen molar-refractivity contribution in [3.8, 4) is 0 Å². The van der Waals surface area contributed by atoms with E-state index in [1.54, 1.807) is 11.1 Å². The maximum absolute atomic E-state index is 3.74. The summed E-state index contributed by atoms with van der Waals surface area (Å²) in [6.07, 6.45) is 2.65.